The van der Waals surface area contributed by atoms with Crippen LogP contribution in [0, 0.1) is 28.8 Å². The van der Waals surface area contributed by atoms with Crippen LogP contribution in [0.1, 0.15) is 43.1 Å². The quantitative estimate of drug-likeness (QED) is 0.341. The van der Waals surface area contributed by atoms with Gasteiger partial charge in [-0.15, -0.1) is 0 Å². The zero-order valence-electron chi connectivity index (χ0n) is 22.4. The number of hydrogen-bond acceptors (Lipinski definition) is 4. The Morgan fingerprint density at radius 1 is 1.07 bits per heavy atom. The molecule has 0 saturated carbocycles. The van der Waals surface area contributed by atoms with E-state index in [1.54, 1.807) is 37.1 Å². The van der Waals surface area contributed by atoms with Crippen molar-refractivity contribution in [1.29, 1.82) is 5.26 Å². The van der Waals surface area contributed by atoms with Crippen LogP contribution in [0.4, 0.5) is 13.2 Å². The molecule has 0 aliphatic carbocycles. The highest BCUT2D eigenvalue weighted by Crippen LogP contribution is 2.39. The largest absolute Gasteiger partial charge is 0.389 e. The number of benzene rings is 3. The maximum atomic E-state index is 15.7. The maximum Gasteiger partial charge on any atom is 0.253 e. The van der Waals surface area contributed by atoms with Gasteiger partial charge in [0.25, 0.3) is 5.91 Å². The van der Waals surface area contributed by atoms with Gasteiger partial charge in [-0.25, -0.2) is 13.2 Å². The fraction of sp³-hybridized carbons (Fsp3) is 0.290. The number of aliphatic hydroxyl groups is 1. The highest BCUT2D eigenvalue weighted by Gasteiger charge is 2.33. The molecular formula is C31H29F3N4O2. The third kappa shape index (κ3) is 5.08. The van der Waals surface area contributed by atoms with Crippen molar-refractivity contribution >= 4 is 16.8 Å². The van der Waals surface area contributed by atoms with Crippen molar-refractivity contribution < 1.29 is 23.1 Å². The van der Waals surface area contributed by atoms with E-state index >= 15 is 8.78 Å². The molecule has 0 spiro atoms. The van der Waals surface area contributed by atoms with Crippen LogP contribution < -0.4 is 5.73 Å². The average Bonchev–Trinajstić information content (AvgIpc) is 3.46. The predicted octanol–water partition coefficient (Wildman–Crippen LogP) is 5.60. The zero-order valence-corrected chi connectivity index (χ0v) is 22.4. The van der Waals surface area contributed by atoms with E-state index in [4.69, 9.17) is 5.73 Å². The minimum absolute atomic E-state index is 0.0139. The molecule has 1 fully saturated rings. The van der Waals surface area contributed by atoms with Gasteiger partial charge in [-0.2, -0.15) is 5.26 Å². The summed E-state index contributed by atoms with van der Waals surface area (Å²) in [5, 5.41) is 19.8. The van der Waals surface area contributed by atoms with Gasteiger partial charge in [0.15, 0.2) is 11.6 Å². The van der Waals surface area contributed by atoms with Gasteiger partial charge in [0.1, 0.15) is 11.9 Å². The Kier molecular flexibility index (Phi) is 6.73. The summed E-state index contributed by atoms with van der Waals surface area (Å²) in [6, 6.07) is 13.4. The SMILES string of the molecule is CC(C)(O)Cn1ccc2cc(-c3ccc(C(=O)N4CCC(C)(N)C4)cc3-c3ccc(C#N)c(F)c3)c(F)c(F)c21. The Morgan fingerprint density at radius 2 is 1.82 bits per heavy atom. The number of carbonyl (C=O) groups is 1. The molecule has 1 unspecified atom stereocenters. The van der Waals surface area contributed by atoms with E-state index in [2.05, 4.69) is 0 Å². The molecule has 40 heavy (non-hydrogen) atoms. The number of carbonyl (C=O) groups excluding carboxylic acids is 1. The smallest absolute Gasteiger partial charge is 0.253 e. The first-order chi connectivity index (χ1) is 18.8. The van der Waals surface area contributed by atoms with Gasteiger partial charge in [-0.1, -0.05) is 12.1 Å². The summed E-state index contributed by atoms with van der Waals surface area (Å²) in [6.07, 6.45) is 2.22. The van der Waals surface area contributed by atoms with E-state index in [0.29, 0.717) is 41.6 Å². The first-order valence-corrected chi connectivity index (χ1v) is 12.9. The molecular weight excluding hydrogens is 517 g/mol. The van der Waals surface area contributed by atoms with Gasteiger partial charge in [-0.05, 0) is 80.3 Å². The molecule has 3 N–H and O–H groups in total. The number of hydrogen-bond donors (Lipinski definition) is 2. The van der Waals surface area contributed by atoms with Gasteiger partial charge in [-0.3, -0.25) is 4.79 Å². The van der Waals surface area contributed by atoms with Gasteiger partial charge in [0.05, 0.1) is 23.2 Å². The third-order valence-corrected chi connectivity index (χ3v) is 7.24. The maximum absolute atomic E-state index is 15.7. The minimum Gasteiger partial charge on any atom is -0.389 e. The second kappa shape index (κ2) is 9.81. The van der Waals surface area contributed by atoms with E-state index in [-0.39, 0.29) is 34.7 Å². The number of nitriles is 1. The van der Waals surface area contributed by atoms with Crippen LogP contribution in [-0.2, 0) is 6.54 Å². The van der Waals surface area contributed by atoms with Crippen LogP contribution in [0.3, 0.4) is 0 Å². The van der Waals surface area contributed by atoms with E-state index in [9.17, 15) is 19.6 Å². The number of likely N-dealkylation sites (tertiary alicyclic amines) is 1. The first-order valence-electron chi connectivity index (χ1n) is 12.9. The topological polar surface area (TPSA) is 95.3 Å². The van der Waals surface area contributed by atoms with Crippen molar-refractivity contribution in [2.75, 3.05) is 13.1 Å². The number of nitrogens with zero attached hydrogens (tertiary/aromatic N) is 3. The average molecular weight is 547 g/mol. The summed E-state index contributed by atoms with van der Waals surface area (Å²) in [5.74, 6) is -3.25. The molecule has 6 nitrogen and oxygen atoms in total. The predicted molar refractivity (Wildman–Crippen MR) is 147 cm³/mol. The monoisotopic (exact) mass is 546 g/mol. The summed E-state index contributed by atoms with van der Waals surface area (Å²) < 4.78 is 47.4. The molecule has 9 heteroatoms. The fourth-order valence-corrected chi connectivity index (χ4v) is 5.31. The molecule has 1 aromatic heterocycles. The third-order valence-electron chi connectivity index (χ3n) is 7.24. The lowest BCUT2D eigenvalue weighted by Crippen LogP contribution is -2.40. The summed E-state index contributed by atoms with van der Waals surface area (Å²) >= 11 is 0. The first kappa shape index (κ1) is 27.4. The molecule has 3 aromatic carbocycles. The Morgan fingerprint density at radius 3 is 2.45 bits per heavy atom. The molecule has 1 aliphatic rings. The Labute approximate surface area is 230 Å². The number of amides is 1. The number of halogens is 3. The van der Waals surface area contributed by atoms with Crippen molar-refractivity contribution in [2.45, 2.75) is 44.9 Å². The number of aromatic nitrogens is 1. The van der Waals surface area contributed by atoms with E-state index < -0.39 is 28.6 Å². The van der Waals surface area contributed by atoms with E-state index in [1.807, 2.05) is 6.92 Å². The Balaban J connectivity index is 1.68. The van der Waals surface area contributed by atoms with Crippen molar-refractivity contribution in [3.05, 3.63) is 83.3 Å². The molecule has 5 rings (SSSR count). The number of nitrogens with two attached hydrogens (primary N) is 1. The minimum atomic E-state index is -1.15. The van der Waals surface area contributed by atoms with Crippen LogP contribution >= 0.6 is 0 Å². The molecule has 206 valence electrons. The zero-order chi connectivity index (χ0) is 29.0. The number of rotatable bonds is 5. The molecule has 0 bridgehead atoms. The summed E-state index contributed by atoms with van der Waals surface area (Å²) in [6.45, 7) is 5.92. The molecule has 1 atom stereocenters. The Bertz CT molecular complexity index is 1700. The normalized spacial score (nSPS) is 17.4. The summed E-state index contributed by atoms with van der Waals surface area (Å²) in [5.41, 5.74) is 5.47. The second-order valence-corrected chi connectivity index (χ2v) is 11.4. The highest BCUT2D eigenvalue weighted by molar-refractivity contribution is 5.99. The lowest BCUT2D eigenvalue weighted by atomic mass is 9.91. The molecule has 0 radical (unpaired) electrons. The standard InChI is InChI=1S/C31H29F3N4O2/c1-30(2,40)16-37-10-8-19-12-24(26(33)27(34)28(19)37)22-7-6-20(29(39)38-11-9-31(3,36)17-38)13-23(22)18-4-5-21(15-35)25(32)14-18/h4-8,10,12-14,40H,9,11,16-17,36H2,1-3H3. The molecule has 4 aromatic rings. The van der Waals surface area contributed by atoms with Crippen molar-refractivity contribution in [3.63, 3.8) is 0 Å². The van der Waals surface area contributed by atoms with Crippen molar-refractivity contribution in [2.24, 2.45) is 5.73 Å². The highest BCUT2D eigenvalue weighted by atomic mass is 19.2. The lowest BCUT2D eigenvalue weighted by Gasteiger charge is -2.21. The number of fused-ring (bicyclic) bond motifs is 1. The van der Waals surface area contributed by atoms with Crippen molar-refractivity contribution in [3.8, 4) is 28.3 Å². The second-order valence-electron chi connectivity index (χ2n) is 11.4. The van der Waals surface area contributed by atoms with Crippen LogP contribution in [0.5, 0.6) is 0 Å². The summed E-state index contributed by atoms with van der Waals surface area (Å²) in [7, 11) is 0. The van der Waals surface area contributed by atoms with E-state index in [1.165, 1.54) is 41.0 Å². The van der Waals surface area contributed by atoms with E-state index in [0.717, 1.165) is 6.07 Å². The van der Waals surface area contributed by atoms with Crippen molar-refractivity contribution in [1.82, 2.24) is 9.47 Å². The molecule has 1 amide bonds. The van der Waals surface area contributed by atoms with Crippen LogP contribution in [0.2, 0.25) is 0 Å². The lowest BCUT2D eigenvalue weighted by molar-refractivity contribution is 0.0626. The van der Waals surface area contributed by atoms with Crippen LogP contribution in [0.25, 0.3) is 33.2 Å². The van der Waals surface area contributed by atoms with Gasteiger partial charge in [0.2, 0.25) is 0 Å². The molecule has 2 heterocycles. The van der Waals surface area contributed by atoms with Gasteiger partial charge in [0, 0.05) is 41.3 Å². The van der Waals surface area contributed by atoms with Crippen LogP contribution in [0.15, 0.2) is 54.7 Å². The van der Waals surface area contributed by atoms with Crippen LogP contribution in [-0.4, -0.2) is 44.7 Å². The Hall–Kier alpha value is -4.13. The van der Waals surface area contributed by atoms with Gasteiger partial charge >= 0.3 is 0 Å². The van der Waals surface area contributed by atoms with Gasteiger partial charge < -0.3 is 20.3 Å². The summed E-state index contributed by atoms with van der Waals surface area (Å²) in [4.78, 5) is 15.0. The molecule has 1 aliphatic heterocycles. The fourth-order valence-electron chi connectivity index (χ4n) is 5.31. The molecule has 1 saturated heterocycles.